The lowest BCUT2D eigenvalue weighted by molar-refractivity contribution is 1.07. The van der Waals surface area contributed by atoms with Crippen molar-refractivity contribution < 1.29 is 0 Å². The molecule has 0 saturated heterocycles. The molecule has 8 rings (SSSR count). The lowest BCUT2D eigenvalue weighted by Gasteiger charge is -2.10. The second-order valence-electron chi connectivity index (χ2n) is 10.5. The number of aromatic nitrogens is 3. The highest BCUT2D eigenvalue weighted by molar-refractivity contribution is 7.25. The van der Waals surface area contributed by atoms with Gasteiger partial charge in [-0.25, -0.2) is 15.0 Å². The standard InChI is InChI=1S/C39H25N3S/c1-3-10-26(11-4-1)30-14-9-15-31(24-30)27-18-20-29(21-19-27)38-40-37(28-12-5-2-6-13-28)41-39(42-38)32-22-23-34-33-16-7-8-17-35(33)43-36(34)25-32/h1-25H. The first-order valence-electron chi connectivity index (χ1n) is 14.3. The van der Waals surface area contributed by atoms with Gasteiger partial charge in [0.15, 0.2) is 17.5 Å². The summed E-state index contributed by atoms with van der Waals surface area (Å²) in [5.74, 6) is 1.99. The van der Waals surface area contributed by atoms with Crippen LogP contribution in [0, 0.1) is 0 Å². The Morgan fingerprint density at radius 3 is 1.47 bits per heavy atom. The zero-order chi connectivity index (χ0) is 28.6. The molecule has 4 heteroatoms. The molecule has 202 valence electrons. The van der Waals surface area contributed by atoms with Gasteiger partial charge >= 0.3 is 0 Å². The smallest absolute Gasteiger partial charge is 0.164 e. The number of hydrogen-bond donors (Lipinski definition) is 0. The molecule has 43 heavy (non-hydrogen) atoms. The molecule has 0 spiro atoms. The van der Waals surface area contributed by atoms with E-state index in [0.29, 0.717) is 17.5 Å². The van der Waals surface area contributed by atoms with Crippen molar-refractivity contribution in [1.29, 1.82) is 0 Å². The molecule has 0 unspecified atom stereocenters. The highest BCUT2D eigenvalue weighted by atomic mass is 32.1. The second-order valence-corrected chi connectivity index (χ2v) is 11.6. The van der Waals surface area contributed by atoms with Crippen molar-refractivity contribution >= 4 is 31.5 Å². The summed E-state index contributed by atoms with van der Waals surface area (Å²) in [5, 5.41) is 2.54. The molecule has 0 fully saturated rings. The molecule has 6 aromatic carbocycles. The largest absolute Gasteiger partial charge is 0.208 e. The minimum absolute atomic E-state index is 0.657. The first kappa shape index (κ1) is 25.3. The van der Waals surface area contributed by atoms with Gasteiger partial charge in [0.1, 0.15) is 0 Å². The zero-order valence-electron chi connectivity index (χ0n) is 23.2. The van der Waals surface area contributed by atoms with E-state index < -0.39 is 0 Å². The zero-order valence-corrected chi connectivity index (χ0v) is 24.0. The van der Waals surface area contributed by atoms with Crippen molar-refractivity contribution in [3.8, 4) is 56.4 Å². The van der Waals surface area contributed by atoms with Gasteiger partial charge in [0.25, 0.3) is 0 Å². The van der Waals surface area contributed by atoms with Crippen molar-refractivity contribution in [2.24, 2.45) is 0 Å². The van der Waals surface area contributed by atoms with E-state index >= 15 is 0 Å². The van der Waals surface area contributed by atoms with Crippen LogP contribution in [0.1, 0.15) is 0 Å². The Hall–Kier alpha value is -5.45. The fraction of sp³-hybridized carbons (Fsp3) is 0. The summed E-state index contributed by atoms with van der Waals surface area (Å²) in [7, 11) is 0. The maximum atomic E-state index is 5.00. The van der Waals surface area contributed by atoms with Crippen molar-refractivity contribution in [2.45, 2.75) is 0 Å². The third kappa shape index (κ3) is 4.88. The van der Waals surface area contributed by atoms with Gasteiger partial charge in [0.2, 0.25) is 0 Å². The van der Waals surface area contributed by atoms with Gasteiger partial charge in [-0.15, -0.1) is 11.3 Å². The minimum Gasteiger partial charge on any atom is -0.208 e. The molecule has 2 heterocycles. The van der Waals surface area contributed by atoms with Gasteiger partial charge < -0.3 is 0 Å². The summed E-state index contributed by atoms with van der Waals surface area (Å²) < 4.78 is 2.51. The normalized spacial score (nSPS) is 11.3. The maximum Gasteiger partial charge on any atom is 0.164 e. The summed E-state index contributed by atoms with van der Waals surface area (Å²) in [5.41, 5.74) is 7.62. The molecule has 0 aliphatic rings. The summed E-state index contributed by atoms with van der Waals surface area (Å²) in [6.07, 6.45) is 0. The molecule has 3 nitrogen and oxygen atoms in total. The van der Waals surface area contributed by atoms with Gasteiger partial charge in [0, 0.05) is 36.9 Å². The predicted molar refractivity (Wildman–Crippen MR) is 180 cm³/mol. The van der Waals surface area contributed by atoms with E-state index in [1.165, 1.54) is 36.9 Å². The van der Waals surface area contributed by atoms with Gasteiger partial charge in [-0.1, -0.05) is 133 Å². The average Bonchev–Trinajstić information content (AvgIpc) is 3.47. The lowest BCUT2D eigenvalue weighted by Crippen LogP contribution is -2.00. The number of nitrogens with zero attached hydrogens (tertiary/aromatic N) is 3. The molecule has 0 aliphatic carbocycles. The van der Waals surface area contributed by atoms with Crippen LogP contribution in [0.2, 0.25) is 0 Å². The summed E-state index contributed by atoms with van der Waals surface area (Å²) in [6.45, 7) is 0. The third-order valence-corrected chi connectivity index (χ3v) is 8.88. The molecule has 0 N–H and O–H groups in total. The van der Waals surface area contributed by atoms with Crippen LogP contribution in [0.4, 0.5) is 0 Å². The molecule has 0 bridgehead atoms. The second kappa shape index (κ2) is 10.8. The van der Waals surface area contributed by atoms with E-state index in [0.717, 1.165) is 22.3 Å². The fourth-order valence-electron chi connectivity index (χ4n) is 5.54. The highest BCUT2D eigenvalue weighted by Gasteiger charge is 2.14. The monoisotopic (exact) mass is 567 g/mol. The Kier molecular flexibility index (Phi) is 6.32. The van der Waals surface area contributed by atoms with Crippen LogP contribution in [0.15, 0.2) is 152 Å². The molecule has 2 aromatic heterocycles. The van der Waals surface area contributed by atoms with Crippen LogP contribution >= 0.6 is 11.3 Å². The van der Waals surface area contributed by atoms with E-state index in [-0.39, 0.29) is 0 Å². The van der Waals surface area contributed by atoms with Gasteiger partial charge in [-0.2, -0.15) is 0 Å². The van der Waals surface area contributed by atoms with Crippen LogP contribution in [-0.4, -0.2) is 15.0 Å². The Bertz CT molecular complexity index is 2220. The summed E-state index contributed by atoms with van der Waals surface area (Å²) in [4.78, 5) is 14.9. The SMILES string of the molecule is c1ccc(-c2cccc(-c3ccc(-c4nc(-c5ccccc5)nc(-c5ccc6c(c5)sc5ccccc56)n4)cc3)c2)cc1. The van der Waals surface area contributed by atoms with Crippen LogP contribution < -0.4 is 0 Å². The Morgan fingerprint density at radius 1 is 0.302 bits per heavy atom. The topological polar surface area (TPSA) is 38.7 Å². The Balaban J connectivity index is 1.20. The van der Waals surface area contributed by atoms with E-state index in [9.17, 15) is 0 Å². The molecule has 0 amide bonds. The average molecular weight is 568 g/mol. The Labute approximate surface area is 253 Å². The number of rotatable bonds is 5. The third-order valence-electron chi connectivity index (χ3n) is 7.75. The van der Waals surface area contributed by atoms with Gasteiger partial charge in [-0.05, 0) is 40.5 Å². The first-order valence-corrected chi connectivity index (χ1v) is 15.1. The maximum absolute atomic E-state index is 5.00. The summed E-state index contributed by atoms with van der Waals surface area (Å²) >= 11 is 1.80. The number of hydrogen-bond acceptors (Lipinski definition) is 4. The molecule has 0 radical (unpaired) electrons. The van der Waals surface area contributed by atoms with Gasteiger partial charge in [0.05, 0.1) is 0 Å². The van der Waals surface area contributed by atoms with E-state index in [1.807, 2.05) is 36.4 Å². The number of benzene rings is 6. The van der Waals surface area contributed by atoms with Crippen LogP contribution in [0.25, 0.3) is 76.6 Å². The molecule has 0 aliphatic heterocycles. The van der Waals surface area contributed by atoms with Crippen LogP contribution in [-0.2, 0) is 0 Å². The molecular formula is C39H25N3S. The van der Waals surface area contributed by atoms with Crippen molar-refractivity contribution in [1.82, 2.24) is 15.0 Å². The quantitative estimate of drug-likeness (QED) is 0.208. The van der Waals surface area contributed by atoms with E-state index in [4.69, 9.17) is 15.0 Å². The molecule has 0 saturated carbocycles. The van der Waals surface area contributed by atoms with Crippen molar-refractivity contribution in [3.63, 3.8) is 0 Å². The van der Waals surface area contributed by atoms with Crippen LogP contribution in [0.5, 0.6) is 0 Å². The van der Waals surface area contributed by atoms with Crippen LogP contribution in [0.3, 0.4) is 0 Å². The summed E-state index contributed by atoms with van der Waals surface area (Å²) in [6, 6.07) is 52.8. The van der Waals surface area contributed by atoms with E-state index in [2.05, 4.69) is 115 Å². The minimum atomic E-state index is 0.657. The van der Waals surface area contributed by atoms with Crippen molar-refractivity contribution in [2.75, 3.05) is 0 Å². The number of fused-ring (bicyclic) bond motifs is 3. The molecule has 8 aromatic rings. The number of thiophene rings is 1. The predicted octanol–water partition coefficient (Wildman–Crippen LogP) is 10.6. The van der Waals surface area contributed by atoms with Crippen molar-refractivity contribution in [3.05, 3.63) is 152 Å². The lowest BCUT2D eigenvalue weighted by atomic mass is 9.98. The Morgan fingerprint density at radius 2 is 0.767 bits per heavy atom. The molecular weight excluding hydrogens is 543 g/mol. The fourth-order valence-corrected chi connectivity index (χ4v) is 6.68. The molecule has 0 atom stereocenters. The first-order chi connectivity index (χ1) is 21.3. The highest BCUT2D eigenvalue weighted by Crippen LogP contribution is 2.36. The van der Waals surface area contributed by atoms with Gasteiger partial charge in [-0.3, -0.25) is 0 Å². The van der Waals surface area contributed by atoms with E-state index in [1.54, 1.807) is 11.3 Å².